The van der Waals surface area contributed by atoms with Gasteiger partial charge in [-0.25, -0.2) is 9.98 Å². The first-order chi connectivity index (χ1) is 12.2. The third kappa shape index (κ3) is 6.26. The minimum Gasteiger partial charge on any atom is -0.357 e. The van der Waals surface area contributed by atoms with Crippen molar-refractivity contribution in [1.29, 1.82) is 0 Å². The molecule has 1 heterocycles. The van der Waals surface area contributed by atoms with Gasteiger partial charge in [-0.15, -0.1) is 11.3 Å². The average molecular weight is 364 g/mol. The van der Waals surface area contributed by atoms with Crippen LogP contribution in [0.2, 0.25) is 0 Å². The Kier molecular flexibility index (Phi) is 6.70. The van der Waals surface area contributed by atoms with Crippen LogP contribution < -0.4 is 10.6 Å². The van der Waals surface area contributed by atoms with Crippen molar-refractivity contribution in [1.82, 2.24) is 20.5 Å². The standard InChI is InChI=1S/C19H33N5S/c1-4-20-19(22-11-18-23-17(13-25-18)14(2)3)21-9-10-24(16-7-8-16)12-15-5-6-15/h13-16H,4-12H2,1-3H3,(H2,20,21,22). The minimum atomic E-state index is 0.486. The molecule has 0 spiro atoms. The molecule has 0 bridgehead atoms. The summed E-state index contributed by atoms with van der Waals surface area (Å²) in [6.07, 6.45) is 5.66. The molecular formula is C19H33N5S. The number of guanidine groups is 1. The maximum Gasteiger partial charge on any atom is 0.191 e. The zero-order valence-electron chi connectivity index (χ0n) is 15.9. The first-order valence-corrected chi connectivity index (χ1v) is 10.7. The molecule has 1 aromatic rings. The van der Waals surface area contributed by atoms with Crippen LogP contribution in [0.3, 0.4) is 0 Å². The van der Waals surface area contributed by atoms with E-state index in [1.807, 2.05) is 0 Å². The van der Waals surface area contributed by atoms with E-state index in [0.29, 0.717) is 12.5 Å². The lowest BCUT2D eigenvalue weighted by Gasteiger charge is -2.22. The van der Waals surface area contributed by atoms with E-state index in [-0.39, 0.29) is 0 Å². The number of hydrogen-bond donors (Lipinski definition) is 2. The zero-order valence-corrected chi connectivity index (χ0v) is 16.7. The molecule has 0 amide bonds. The molecule has 140 valence electrons. The predicted octanol–water partition coefficient (Wildman–Crippen LogP) is 3.20. The molecular weight excluding hydrogens is 330 g/mol. The number of aliphatic imine (C=N–C) groups is 1. The molecule has 0 aromatic carbocycles. The molecule has 0 unspecified atom stereocenters. The fourth-order valence-electron chi connectivity index (χ4n) is 2.96. The largest absolute Gasteiger partial charge is 0.357 e. The Morgan fingerprint density at radius 3 is 2.72 bits per heavy atom. The van der Waals surface area contributed by atoms with E-state index >= 15 is 0 Å². The van der Waals surface area contributed by atoms with Crippen LogP contribution in [0, 0.1) is 5.92 Å². The summed E-state index contributed by atoms with van der Waals surface area (Å²) in [6, 6.07) is 0.853. The number of nitrogens with zero attached hydrogens (tertiary/aromatic N) is 3. The monoisotopic (exact) mass is 363 g/mol. The van der Waals surface area contributed by atoms with Gasteiger partial charge in [-0.2, -0.15) is 0 Å². The fourth-order valence-corrected chi connectivity index (χ4v) is 3.84. The Hall–Kier alpha value is -1.14. The average Bonchev–Trinajstić information content (AvgIpc) is 3.50. The van der Waals surface area contributed by atoms with Gasteiger partial charge >= 0.3 is 0 Å². The van der Waals surface area contributed by atoms with E-state index in [1.165, 1.54) is 37.9 Å². The Morgan fingerprint density at radius 1 is 1.32 bits per heavy atom. The van der Waals surface area contributed by atoms with Gasteiger partial charge in [0.15, 0.2) is 5.96 Å². The van der Waals surface area contributed by atoms with Crippen molar-refractivity contribution in [3.05, 3.63) is 16.1 Å². The van der Waals surface area contributed by atoms with E-state index in [4.69, 9.17) is 4.99 Å². The molecule has 0 aliphatic heterocycles. The fraction of sp³-hybridized carbons (Fsp3) is 0.789. The summed E-state index contributed by atoms with van der Waals surface area (Å²) in [7, 11) is 0. The highest BCUT2D eigenvalue weighted by molar-refractivity contribution is 7.09. The van der Waals surface area contributed by atoms with Crippen LogP contribution >= 0.6 is 11.3 Å². The van der Waals surface area contributed by atoms with E-state index in [1.54, 1.807) is 11.3 Å². The lowest BCUT2D eigenvalue weighted by atomic mass is 10.2. The van der Waals surface area contributed by atoms with Crippen LogP contribution in [-0.2, 0) is 6.54 Å². The van der Waals surface area contributed by atoms with Crippen LogP contribution in [0.5, 0.6) is 0 Å². The highest BCUT2D eigenvalue weighted by Crippen LogP contribution is 2.34. The second kappa shape index (κ2) is 8.99. The number of thiazole rings is 1. The third-order valence-corrected chi connectivity index (χ3v) is 5.67. The molecule has 25 heavy (non-hydrogen) atoms. The molecule has 0 radical (unpaired) electrons. The molecule has 2 aliphatic rings. The summed E-state index contributed by atoms with van der Waals surface area (Å²) in [5.41, 5.74) is 1.17. The van der Waals surface area contributed by atoms with Gasteiger partial charge in [-0.05, 0) is 44.4 Å². The summed E-state index contributed by atoms with van der Waals surface area (Å²) in [5.74, 6) is 2.37. The first kappa shape index (κ1) is 18.6. The molecule has 6 heteroatoms. The lowest BCUT2D eigenvalue weighted by Crippen LogP contribution is -2.42. The zero-order chi connectivity index (χ0) is 17.6. The Bertz CT molecular complexity index is 560. The van der Waals surface area contributed by atoms with Crippen molar-refractivity contribution >= 4 is 17.3 Å². The number of hydrogen-bond acceptors (Lipinski definition) is 4. The number of nitrogens with one attached hydrogen (secondary N) is 2. The van der Waals surface area contributed by atoms with E-state index in [2.05, 4.69) is 46.7 Å². The molecule has 2 N–H and O–H groups in total. The Morgan fingerprint density at radius 2 is 2.12 bits per heavy atom. The van der Waals surface area contributed by atoms with Gasteiger partial charge in [0.2, 0.25) is 0 Å². The molecule has 2 fully saturated rings. The summed E-state index contributed by atoms with van der Waals surface area (Å²) >= 11 is 1.71. The quantitative estimate of drug-likeness (QED) is 0.495. The minimum absolute atomic E-state index is 0.486. The van der Waals surface area contributed by atoms with Crippen molar-refractivity contribution in [3.8, 4) is 0 Å². The first-order valence-electron chi connectivity index (χ1n) is 9.86. The van der Waals surface area contributed by atoms with Gasteiger partial charge in [0.25, 0.3) is 0 Å². The summed E-state index contributed by atoms with van der Waals surface area (Å²) in [4.78, 5) is 12.1. The third-order valence-electron chi connectivity index (χ3n) is 4.82. The summed E-state index contributed by atoms with van der Waals surface area (Å²) in [5, 5.41) is 10.1. The van der Waals surface area contributed by atoms with Gasteiger partial charge < -0.3 is 10.6 Å². The maximum absolute atomic E-state index is 4.71. The Labute approximate surface area is 156 Å². The molecule has 0 atom stereocenters. The second-order valence-electron chi connectivity index (χ2n) is 7.61. The molecule has 5 nitrogen and oxygen atoms in total. The molecule has 2 aliphatic carbocycles. The van der Waals surface area contributed by atoms with Crippen LogP contribution in [0.25, 0.3) is 0 Å². The second-order valence-corrected chi connectivity index (χ2v) is 8.55. The van der Waals surface area contributed by atoms with Gasteiger partial charge in [0.1, 0.15) is 5.01 Å². The Balaban J connectivity index is 1.45. The van der Waals surface area contributed by atoms with Crippen molar-refractivity contribution < 1.29 is 0 Å². The van der Waals surface area contributed by atoms with Crippen molar-refractivity contribution in [2.45, 2.75) is 65.0 Å². The smallest absolute Gasteiger partial charge is 0.191 e. The summed E-state index contributed by atoms with van der Waals surface area (Å²) < 4.78 is 0. The normalized spacial score (nSPS) is 18.2. The maximum atomic E-state index is 4.71. The van der Waals surface area contributed by atoms with Gasteiger partial charge in [0, 0.05) is 37.6 Å². The van der Waals surface area contributed by atoms with Crippen LogP contribution in [0.4, 0.5) is 0 Å². The van der Waals surface area contributed by atoms with Crippen LogP contribution in [0.15, 0.2) is 10.4 Å². The van der Waals surface area contributed by atoms with E-state index in [0.717, 1.165) is 42.6 Å². The molecule has 0 saturated heterocycles. The molecule has 3 rings (SSSR count). The van der Waals surface area contributed by atoms with Crippen LogP contribution in [-0.4, -0.2) is 48.1 Å². The van der Waals surface area contributed by atoms with Crippen molar-refractivity contribution in [3.63, 3.8) is 0 Å². The highest BCUT2D eigenvalue weighted by Gasteiger charge is 2.33. The van der Waals surface area contributed by atoms with Crippen molar-refractivity contribution in [2.75, 3.05) is 26.2 Å². The lowest BCUT2D eigenvalue weighted by molar-refractivity contribution is 0.256. The van der Waals surface area contributed by atoms with Gasteiger partial charge in [-0.1, -0.05) is 13.8 Å². The highest BCUT2D eigenvalue weighted by atomic mass is 32.1. The van der Waals surface area contributed by atoms with E-state index < -0.39 is 0 Å². The topological polar surface area (TPSA) is 52.6 Å². The van der Waals surface area contributed by atoms with E-state index in [9.17, 15) is 0 Å². The van der Waals surface area contributed by atoms with Crippen LogP contribution in [0.1, 0.15) is 63.1 Å². The van der Waals surface area contributed by atoms with Crippen molar-refractivity contribution in [2.24, 2.45) is 10.9 Å². The predicted molar refractivity (Wildman–Crippen MR) is 106 cm³/mol. The molecule has 2 saturated carbocycles. The van der Waals surface area contributed by atoms with Gasteiger partial charge in [-0.3, -0.25) is 4.90 Å². The SMILES string of the molecule is CCNC(=NCc1nc(C(C)C)cs1)NCCN(CC1CC1)C1CC1. The number of aromatic nitrogens is 1. The molecule has 1 aromatic heterocycles. The van der Waals surface area contributed by atoms with Gasteiger partial charge in [0.05, 0.1) is 12.2 Å². The summed E-state index contributed by atoms with van der Waals surface area (Å²) in [6.45, 7) is 11.4. The number of rotatable bonds is 10.